The van der Waals surface area contributed by atoms with Gasteiger partial charge in [-0.1, -0.05) is 12.1 Å². The van der Waals surface area contributed by atoms with Gasteiger partial charge in [-0.2, -0.15) is 0 Å². The molecule has 18 heavy (non-hydrogen) atoms. The van der Waals surface area contributed by atoms with Crippen LogP contribution in [0.25, 0.3) is 0 Å². The molecule has 0 bridgehead atoms. The van der Waals surface area contributed by atoms with Gasteiger partial charge in [0.2, 0.25) is 0 Å². The number of carboxylic acids is 1. The lowest BCUT2D eigenvalue weighted by molar-refractivity contribution is -0.146. The van der Waals surface area contributed by atoms with Gasteiger partial charge in [-0.25, -0.2) is 8.42 Å². The Hall–Kier alpha value is -1.36. The van der Waals surface area contributed by atoms with E-state index in [2.05, 4.69) is 0 Å². The van der Waals surface area contributed by atoms with Crippen molar-refractivity contribution in [2.24, 2.45) is 5.41 Å². The van der Waals surface area contributed by atoms with Crippen LogP contribution in [-0.4, -0.2) is 25.2 Å². The highest BCUT2D eigenvalue weighted by atomic mass is 32.2. The highest BCUT2D eigenvalue weighted by molar-refractivity contribution is 7.91. The first kappa shape index (κ1) is 13.1. The number of aryl methyl sites for hydroxylation is 1. The zero-order valence-electron chi connectivity index (χ0n) is 10.4. The molecule has 0 aliphatic carbocycles. The van der Waals surface area contributed by atoms with Crippen LogP contribution >= 0.6 is 0 Å². The Labute approximate surface area is 107 Å². The molecule has 1 aliphatic heterocycles. The SMILES string of the molecule is CC(C)(Cc1ccc2c(c1)CCS2(=O)=O)C(=O)O. The number of hydrogen-bond donors (Lipinski definition) is 1. The third-order valence-electron chi connectivity index (χ3n) is 3.33. The Bertz CT molecular complexity index is 599. The number of sulfone groups is 1. The first-order valence-corrected chi connectivity index (χ1v) is 7.45. The Morgan fingerprint density at radius 3 is 2.67 bits per heavy atom. The smallest absolute Gasteiger partial charge is 0.309 e. The first-order valence-electron chi connectivity index (χ1n) is 5.80. The Kier molecular flexibility index (Phi) is 2.97. The third-order valence-corrected chi connectivity index (χ3v) is 5.14. The van der Waals surface area contributed by atoms with Crippen LogP contribution in [0.5, 0.6) is 0 Å². The molecule has 0 fully saturated rings. The number of hydrogen-bond acceptors (Lipinski definition) is 3. The second-order valence-corrected chi connectivity index (χ2v) is 7.45. The molecule has 4 nitrogen and oxygen atoms in total. The van der Waals surface area contributed by atoms with Gasteiger partial charge < -0.3 is 5.11 Å². The number of rotatable bonds is 3. The maximum absolute atomic E-state index is 11.7. The number of carboxylic acid groups (broad SMARTS) is 1. The standard InChI is InChI=1S/C13H16O4S/c1-13(2,12(14)15)8-9-3-4-11-10(7-9)5-6-18(11,16)17/h3-4,7H,5-6,8H2,1-2H3,(H,14,15). The zero-order valence-corrected chi connectivity index (χ0v) is 11.3. The molecule has 1 N–H and O–H groups in total. The van der Waals surface area contributed by atoms with Crippen LogP contribution in [0.15, 0.2) is 23.1 Å². The van der Waals surface area contributed by atoms with Crippen molar-refractivity contribution < 1.29 is 18.3 Å². The molecule has 0 spiro atoms. The predicted molar refractivity (Wildman–Crippen MR) is 67.3 cm³/mol. The molecule has 0 radical (unpaired) electrons. The second kappa shape index (κ2) is 4.09. The van der Waals surface area contributed by atoms with Gasteiger partial charge in [0.1, 0.15) is 0 Å². The quantitative estimate of drug-likeness (QED) is 0.905. The number of carbonyl (C=O) groups is 1. The molecule has 2 rings (SSSR count). The van der Waals surface area contributed by atoms with Gasteiger partial charge in [0.25, 0.3) is 0 Å². The van der Waals surface area contributed by atoms with E-state index in [0.29, 0.717) is 17.7 Å². The van der Waals surface area contributed by atoms with Crippen LogP contribution < -0.4 is 0 Å². The van der Waals surface area contributed by atoms with Crippen LogP contribution in [0, 0.1) is 5.41 Å². The summed E-state index contributed by atoms with van der Waals surface area (Å²) in [4.78, 5) is 11.5. The highest BCUT2D eigenvalue weighted by Gasteiger charge is 2.30. The van der Waals surface area contributed by atoms with Crippen LogP contribution in [-0.2, 0) is 27.5 Å². The summed E-state index contributed by atoms with van der Waals surface area (Å²) >= 11 is 0. The van der Waals surface area contributed by atoms with Crippen LogP contribution in [0.4, 0.5) is 0 Å². The van der Waals surface area contributed by atoms with E-state index in [1.807, 2.05) is 6.07 Å². The summed E-state index contributed by atoms with van der Waals surface area (Å²) in [5.41, 5.74) is 0.845. The van der Waals surface area contributed by atoms with Crippen molar-refractivity contribution in [3.63, 3.8) is 0 Å². The van der Waals surface area contributed by atoms with Gasteiger partial charge in [0.15, 0.2) is 9.84 Å². The van der Waals surface area contributed by atoms with Crippen molar-refractivity contribution in [3.8, 4) is 0 Å². The van der Waals surface area contributed by atoms with Crippen LogP contribution in [0.3, 0.4) is 0 Å². The summed E-state index contributed by atoms with van der Waals surface area (Å²) in [6.07, 6.45) is 0.925. The van der Waals surface area contributed by atoms with E-state index in [9.17, 15) is 13.2 Å². The topological polar surface area (TPSA) is 71.4 Å². The minimum Gasteiger partial charge on any atom is -0.481 e. The molecule has 1 aromatic rings. The Balaban J connectivity index is 2.32. The summed E-state index contributed by atoms with van der Waals surface area (Å²) in [6, 6.07) is 5.14. The maximum atomic E-state index is 11.7. The fourth-order valence-electron chi connectivity index (χ4n) is 2.18. The van der Waals surface area contributed by atoms with Gasteiger partial charge in [-0.3, -0.25) is 4.79 Å². The third kappa shape index (κ3) is 2.27. The summed E-state index contributed by atoms with van der Waals surface area (Å²) in [5.74, 6) is -0.690. The van der Waals surface area contributed by atoms with Crippen molar-refractivity contribution >= 4 is 15.8 Å². The molecule has 0 aromatic heterocycles. The molecule has 0 atom stereocenters. The lowest BCUT2D eigenvalue weighted by Crippen LogP contribution is -2.26. The minimum atomic E-state index is -3.10. The second-order valence-electron chi connectivity index (χ2n) is 5.38. The molecule has 0 saturated heterocycles. The van der Waals surface area contributed by atoms with Crippen molar-refractivity contribution in [1.82, 2.24) is 0 Å². The molecule has 5 heteroatoms. The van der Waals surface area contributed by atoms with Gasteiger partial charge in [-0.15, -0.1) is 0 Å². The van der Waals surface area contributed by atoms with E-state index in [-0.39, 0.29) is 5.75 Å². The molecule has 98 valence electrons. The van der Waals surface area contributed by atoms with Crippen molar-refractivity contribution in [3.05, 3.63) is 29.3 Å². The summed E-state index contributed by atoms with van der Waals surface area (Å²) in [5, 5.41) is 9.08. The molecule has 0 amide bonds. The molecule has 1 aromatic carbocycles. The fraction of sp³-hybridized carbons (Fsp3) is 0.462. The lowest BCUT2D eigenvalue weighted by atomic mass is 9.85. The van der Waals surface area contributed by atoms with E-state index in [1.165, 1.54) is 0 Å². The molecular weight excluding hydrogens is 252 g/mol. The first-order chi connectivity index (χ1) is 8.22. The normalized spacial score (nSPS) is 17.4. The Morgan fingerprint density at radius 1 is 1.39 bits per heavy atom. The van der Waals surface area contributed by atoms with Gasteiger partial charge in [0, 0.05) is 0 Å². The van der Waals surface area contributed by atoms with Crippen molar-refractivity contribution in [2.75, 3.05) is 5.75 Å². The monoisotopic (exact) mass is 268 g/mol. The van der Waals surface area contributed by atoms with Crippen molar-refractivity contribution in [2.45, 2.75) is 31.6 Å². The summed E-state index contributed by atoms with van der Waals surface area (Å²) < 4.78 is 23.3. The van der Waals surface area contributed by atoms with Gasteiger partial charge in [-0.05, 0) is 43.9 Å². The molecule has 0 unspecified atom stereocenters. The molecule has 1 aliphatic rings. The van der Waals surface area contributed by atoms with E-state index in [1.54, 1.807) is 26.0 Å². The Morgan fingerprint density at radius 2 is 2.06 bits per heavy atom. The largest absolute Gasteiger partial charge is 0.481 e. The van der Waals surface area contributed by atoms with E-state index in [4.69, 9.17) is 5.11 Å². The summed E-state index contributed by atoms with van der Waals surface area (Å²) in [7, 11) is -3.10. The van der Waals surface area contributed by atoms with Crippen LogP contribution in [0.1, 0.15) is 25.0 Å². The minimum absolute atomic E-state index is 0.161. The highest BCUT2D eigenvalue weighted by Crippen LogP contribution is 2.29. The molecule has 1 heterocycles. The molecule has 0 saturated carbocycles. The van der Waals surface area contributed by atoms with E-state index >= 15 is 0 Å². The predicted octanol–water partition coefficient (Wildman–Crippen LogP) is 1.67. The number of aliphatic carboxylic acids is 1. The summed E-state index contributed by atoms with van der Waals surface area (Å²) in [6.45, 7) is 3.33. The van der Waals surface area contributed by atoms with E-state index in [0.717, 1.165) is 11.1 Å². The maximum Gasteiger partial charge on any atom is 0.309 e. The fourth-order valence-corrected chi connectivity index (χ4v) is 3.73. The number of fused-ring (bicyclic) bond motifs is 1. The van der Waals surface area contributed by atoms with Crippen LogP contribution in [0.2, 0.25) is 0 Å². The average molecular weight is 268 g/mol. The number of benzene rings is 1. The van der Waals surface area contributed by atoms with Crippen molar-refractivity contribution in [1.29, 1.82) is 0 Å². The van der Waals surface area contributed by atoms with Gasteiger partial charge in [0.05, 0.1) is 16.1 Å². The lowest BCUT2D eigenvalue weighted by Gasteiger charge is -2.19. The average Bonchev–Trinajstić information content (AvgIpc) is 2.54. The van der Waals surface area contributed by atoms with Gasteiger partial charge >= 0.3 is 5.97 Å². The van der Waals surface area contributed by atoms with E-state index < -0.39 is 21.2 Å². The molecular formula is C13H16O4S. The zero-order chi connectivity index (χ0) is 13.6.